The number of halogens is 3. The number of alkyl halides is 3. The van der Waals surface area contributed by atoms with Gasteiger partial charge in [0.1, 0.15) is 0 Å². The van der Waals surface area contributed by atoms with Crippen LogP contribution in [-0.2, 0) is 16.5 Å². The third kappa shape index (κ3) is 2.46. The molecule has 86 valence electrons. The third-order valence-corrected chi connectivity index (χ3v) is 2.11. The van der Waals surface area contributed by atoms with Crippen LogP contribution in [0, 0.1) is 0 Å². The summed E-state index contributed by atoms with van der Waals surface area (Å²) in [5, 5.41) is 0. The molecule has 0 radical (unpaired) electrons. The molecule has 3 nitrogen and oxygen atoms in total. The second-order valence-electron chi connectivity index (χ2n) is 3.68. The van der Waals surface area contributed by atoms with Gasteiger partial charge in [-0.25, -0.2) is 4.79 Å². The van der Waals surface area contributed by atoms with Gasteiger partial charge in [-0.05, 0) is 19.9 Å². The van der Waals surface area contributed by atoms with Gasteiger partial charge in [-0.15, -0.1) is 0 Å². The van der Waals surface area contributed by atoms with E-state index in [1.54, 1.807) is 0 Å². The molecule has 0 spiro atoms. The van der Waals surface area contributed by atoms with E-state index >= 15 is 0 Å². The van der Waals surface area contributed by atoms with E-state index in [4.69, 9.17) is 0 Å². The SMILES string of the molecule is CC(C)(N=C=O)c1cnccc1C(F)(F)F. The summed E-state index contributed by atoms with van der Waals surface area (Å²) in [6, 6.07) is 0.859. The number of hydrogen-bond acceptors (Lipinski definition) is 3. The van der Waals surface area contributed by atoms with Crippen LogP contribution in [0.5, 0.6) is 0 Å². The fourth-order valence-electron chi connectivity index (χ4n) is 1.30. The largest absolute Gasteiger partial charge is 0.416 e. The van der Waals surface area contributed by atoms with Crippen molar-refractivity contribution in [2.24, 2.45) is 4.99 Å². The molecular formula is C10H9F3N2O. The van der Waals surface area contributed by atoms with Gasteiger partial charge in [-0.1, -0.05) is 0 Å². The number of hydrogen-bond donors (Lipinski definition) is 0. The Hall–Kier alpha value is -1.68. The molecule has 16 heavy (non-hydrogen) atoms. The molecule has 0 fully saturated rings. The molecule has 0 aliphatic heterocycles. The van der Waals surface area contributed by atoms with E-state index in [0.29, 0.717) is 0 Å². The van der Waals surface area contributed by atoms with Crippen LogP contribution in [-0.4, -0.2) is 11.1 Å². The van der Waals surface area contributed by atoms with Crippen molar-refractivity contribution in [1.82, 2.24) is 4.98 Å². The first-order chi connectivity index (χ1) is 7.29. The fraction of sp³-hybridized carbons (Fsp3) is 0.400. The van der Waals surface area contributed by atoms with Crippen LogP contribution in [0.15, 0.2) is 23.5 Å². The average Bonchev–Trinajstić information content (AvgIpc) is 2.16. The molecule has 6 heteroatoms. The van der Waals surface area contributed by atoms with Gasteiger partial charge in [0.05, 0.1) is 11.1 Å². The highest BCUT2D eigenvalue weighted by Gasteiger charge is 2.37. The zero-order chi connectivity index (χ0) is 12.4. The summed E-state index contributed by atoms with van der Waals surface area (Å²) >= 11 is 0. The summed E-state index contributed by atoms with van der Waals surface area (Å²) in [6.45, 7) is 2.79. The quantitative estimate of drug-likeness (QED) is 0.579. The Balaban J connectivity index is 3.40. The monoisotopic (exact) mass is 230 g/mol. The molecule has 0 bridgehead atoms. The number of rotatable bonds is 2. The normalized spacial score (nSPS) is 12.1. The maximum Gasteiger partial charge on any atom is 0.416 e. The zero-order valence-corrected chi connectivity index (χ0v) is 8.67. The minimum atomic E-state index is -4.49. The average molecular weight is 230 g/mol. The van der Waals surface area contributed by atoms with E-state index in [1.807, 2.05) is 0 Å². The van der Waals surface area contributed by atoms with Crippen LogP contribution in [0.3, 0.4) is 0 Å². The van der Waals surface area contributed by atoms with Gasteiger partial charge in [-0.3, -0.25) is 4.98 Å². The molecule has 0 unspecified atom stereocenters. The van der Waals surface area contributed by atoms with Crippen LogP contribution in [0.2, 0.25) is 0 Å². The van der Waals surface area contributed by atoms with Crippen LogP contribution < -0.4 is 0 Å². The van der Waals surface area contributed by atoms with Crippen molar-refractivity contribution in [3.8, 4) is 0 Å². The molecule has 0 N–H and O–H groups in total. The number of aromatic nitrogens is 1. The molecule has 0 amide bonds. The second-order valence-corrected chi connectivity index (χ2v) is 3.68. The van der Waals surface area contributed by atoms with Crippen LogP contribution in [0.1, 0.15) is 25.0 Å². The summed E-state index contributed by atoms with van der Waals surface area (Å²) in [7, 11) is 0. The van der Waals surface area contributed by atoms with Crippen molar-refractivity contribution in [2.75, 3.05) is 0 Å². The minimum absolute atomic E-state index is 0.147. The summed E-state index contributed by atoms with van der Waals surface area (Å²) < 4.78 is 38.0. The van der Waals surface area contributed by atoms with Crippen molar-refractivity contribution >= 4 is 6.08 Å². The van der Waals surface area contributed by atoms with Crippen molar-refractivity contribution < 1.29 is 18.0 Å². The lowest BCUT2D eigenvalue weighted by atomic mass is 9.92. The molecule has 0 aromatic carbocycles. The predicted octanol–water partition coefficient (Wildman–Crippen LogP) is 2.67. The van der Waals surface area contributed by atoms with Gasteiger partial charge < -0.3 is 0 Å². The minimum Gasteiger partial charge on any atom is -0.264 e. The lowest BCUT2D eigenvalue weighted by molar-refractivity contribution is -0.138. The number of pyridine rings is 1. The van der Waals surface area contributed by atoms with Gasteiger partial charge in [-0.2, -0.15) is 18.2 Å². The Labute approximate surface area is 90.0 Å². The molecule has 1 heterocycles. The van der Waals surface area contributed by atoms with E-state index < -0.39 is 17.3 Å². The van der Waals surface area contributed by atoms with E-state index in [2.05, 4.69) is 9.98 Å². The van der Waals surface area contributed by atoms with Gasteiger partial charge in [0.2, 0.25) is 6.08 Å². The van der Waals surface area contributed by atoms with Crippen molar-refractivity contribution in [3.05, 3.63) is 29.6 Å². The van der Waals surface area contributed by atoms with Crippen molar-refractivity contribution in [3.63, 3.8) is 0 Å². The van der Waals surface area contributed by atoms with Gasteiger partial charge in [0.15, 0.2) is 0 Å². The number of carbonyl (C=O) groups excluding carboxylic acids is 1. The standard InChI is InChI=1S/C10H9F3N2O/c1-9(2,15-6-16)8-5-14-4-3-7(8)10(11,12)13/h3-5H,1-2H3. The van der Waals surface area contributed by atoms with Crippen LogP contribution in [0.4, 0.5) is 13.2 Å². The molecule has 0 saturated heterocycles. The molecule has 0 saturated carbocycles. The first kappa shape index (κ1) is 12.4. The van der Waals surface area contributed by atoms with Crippen LogP contribution >= 0.6 is 0 Å². The van der Waals surface area contributed by atoms with E-state index in [-0.39, 0.29) is 5.56 Å². The van der Waals surface area contributed by atoms with E-state index in [0.717, 1.165) is 18.5 Å². The van der Waals surface area contributed by atoms with Gasteiger partial charge in [0, 0.05) is 18.0 Å². The number of isocyanates is 1. The molecule has 0 atom stereocenters. The predicted molar refractivity (Wildman–Crippen MR) is 50.4 cm³/mol. The maximum absolute atomic E-state index is 12.7. The van der Waals surface area contributed by atoms with Crippen LogP contribution in [0.25, 0.3) is 0 Å². The van der Waals surface area contributed by atoms with E-state index in [9.17, 15) is 18.0 Å². The highest BCUT2D eigenvalue weighted by molar-refractivity contribution is 5.39. The Kier molecular flexibility index (Phi) is 3.14. The summed E-state index contributed by atoms with van der Waals surface area (Å²) in [5.74, 6) is 0. The Morgan fingerprint density at radius 3 is 2.44 bits per heavy atom. The first-order valence-corrected chi connectivity index (χ1v) is 4.40. The van der Waals surface area contributed by atoms with E-state index in [1.165, 1.54) is 19.9 Å². The molecular weight excluding hydrogens is 221 g/mol. The first-order valence-electron chi connectivity index (χ1n) is 4.40. The third-order valence-electron chi connectivity index (χ3n) is 2.11. The maximum atomic E-state index is 12.7. The van der Waals surface area contributed by atoms with Gasteiger partial charge >= 0.3 is 6.18 Å². The zero-order valence-electron chi connectivity index (χ0n) is 8.67. The fourth-order valence-corrected chi connectivity index (χ4v) is 1.30. The highest BCUT2D eigenvalue weighted by Crippen LogP contribution is 2.37. The molecule has 1 aromatic rings. The Bertz CT molecular complexity index is 434. The topological polar surface area (TPSA) is 42.3 Å². The summed E-state index contributed by atoms with van der Waals surface area (Å²) in [6.07, 6.45) is -1.12. The molecule has 1 aromatic heterocycles. The van der Waals surface area contributed by atoms with Gasteiger partial charge in [0.25, 0.3) is 0 Å². The highest BCUT2D eigenvalue weighted by atomic mass is 19.4. The van der Waals surface area contributed by atoms with Crippen molar-refractivity contribution in [2.45, 2.75) is 25.6 Å². The molecule has 0 aliphatic rings. The molecule has 0 aliphatic carbocycles. The number of aliphatic imine (C=N–C) groups is 1. The smallest absolute Gasteiger partial charge is 0.264 e. The Morgan fingerprint density at radius 2 is 1.94 bits per heavy atom. The summed E-state index contributed by atoms with van der Waals surface area (Å²) in [5.41, 5.74) is -2.28. The second kappa shape index (κ2) is 4.06. The lowest BCUT2D eigenvalue weighted by Gasteiger charge is -2.22. The van der Waals surface area contributed by atoms with Crippen molar-refractivity contribution in [1.29, 1.82) is 0 Å². The lowest BCUT2D eigenvalue weighted by Crippen LogP contribution is -2.21. The Morgan fingerprint density at radius 1 is 1.31 bits per heavy atom. The molecule has 1 rings (SSSR count). The number of nitrogens with zero attached hydrogens (tertiary/aromatic N) is 2. The summed E-state index contributed by atoms with van der Waals surface area (Å²) in [4.78, 5) is 17.1.